The van der Waals surface area contributed by atoms with E-state index in [0.29, 0.717) is 42.3 Å². The molecule has 12 nitrogen and oxygen atoms in total. The summed E-state index contributed by atoms with van der Waals surface area (Å²) in [6.45, 7) is 2.73. The molecule has 0 spiro atoms. The van der Waals surface area contributed by atoms with E-state index in [4.69, 9.17) is 18.9 Å². The smallest absolute Gasteiger partial charge is 0.341 e. The largest absolute Gasteiger partial charge is 0.465 e. The van der Waals surface area contributed by atoms with E-state index in [9.17, 15) is 24.5 Å². The molecule has 0 atom stereocenters. The molecule has 1 saturated heterocycles. The van der Waals surface area contributed by atoms with Crippen LogP contribution in [0.1, 0.15) is 56.0 Å². The van der Waals surface area contributed by atoms with Crippen molar-refractivity contribution in [3.8, 4) is 11.5 Å². The average molecular weight is 596 g/mol. The molecule has 5 rings (SSSR count). The SMILES string of the molecule is COC(=O)c1c(NC(=O)COC(=O)c2ccc(N3CCCCC3)c([N+](=O)[O-])c2)sc(C)c1Cc1ccc2c(c1)OCO2. The number of carbonyl (C=O) groups excluding carboxylic acids is 3. The van der Waals surface area contributed by atoms with Crippen LogP contribution in [0.3, 0.4) is 0 Å². The van der Waals surface area contributed by atoms with E-state index in [1.807, 2.05) is 24.0 Å². The van der Waals surface area contributed by atoms with E-state index in [-0.39, 0.29) is 28.6 Å². The zero-order valence-electron chi connectivity index (χ0n) is 23.1. The Kier molecular flexibility index (Phi) is 8.57. The third kappa shape index (κ3) is 6.15. The van der Waals surface area contributed by atoms with Crippen molar-refractivity contribution in [3.63, 3.8) is 0 Å². The minimum atomic E-state index is -0.877. The van der Waals surface area contributed by atoms with Gasteiger partial charge in [-0.05, 0) is 68.0 Å². The quantitative estimate of drug-likeness (QED) is 0.207. The summed E-state index contributed by atoms with van der Waals surface area (Å²) in [7, 11) is 1.25. The lowest BCUT2D eigenvalue weighted by Gasteiger charge is -2.28. The summed E-state index contributed by atoms with van der Waals surface area (Å²) in [6, 6.07) is 9.67. The van der Waals surface area contributed by atoms with Gasteiger partial charge < -0.3 is 29.2 Å². The number of aryl methyl sites for hydroxylation is 1. The second kappa shape index (κ2) is 12.5. The maximum absolute atomic E-state index is 12.8. The monoisotopic (exact) mass is 595 g/mol. The molecule has 1 amide bonds. The van der Waals surface area contributed by atoms with Crippen molar-refractivity contribution in [2.24, 2.45) is 0 Å². The predicted molar refractivity (Wildman–Crippen MR) is 154 cm³/mol. The van der Waals surface area contributed by atoms with Gasteiger partial charge in [-0.25, -0.2) is 9.59 Å². The molecule has 2 aliphatic heterocycles. The molecule has 1 fully saturated rings. The van der Waals surface area contributed by atoms with Gasteiger partial charge in [-0.1, -0.05) is 6.07 Å². The first-order valence-corrected chi connectivity index (χ1v) is 14.2. The number of anilines is 2. The molecule has 0 saturated carbocycles. The number of carbonyl (C=O) groups is 3. The number of nitro benzene ring substituents is 1. The number of nitrogens with zero attached hydrogens (tertiary/aromatic N) is 2. The van der Waals surface area contributed by atoms with Crippen LogP contribution in [0, 0.1) is 17.0 Å². The molecule has 1 N–H and O–H groups in total. The molecule has 0 bridgehead atoms. The number of thiophene rings is 1. The summed E-state index contributed by atoms with van der Waals surface area (Å²) in [5.74, 6) is -0.921. The number of nitrogens with one attached hydrogen (secondary N) is 1. The van der Waals surface area contributed by atoms with Crippen molar-refractivity contribution >= 4 is 45.6 Å². The van der Waals surface area contributed by atoms with Crippen molar-refractivity contribution in [1.29, 1.82) is 0 Å². The Bertz CT molecular complexity index is 1550. The van der Waals surface area contributed by atoms with Crippen molar-refractivity contribution < 1.29 is 38.3 Å². The Morgan fingerprint density at radius 1 is 1.05 bits per heavy atom. The van der Waals surface area contributed by atoms with Gasteiger partial charge in [0.1, 0.15) is 10.7 Å². The van der Waals surface area contributed by atoms with Crippen LogP contribution < -0.4 is 19.7 Å². The summed E-state index contributed by atoms with van der Waals surface area (Å²) in [5, 5.41) is 14.6. The van der Waals surface area contributed by atoms with Crippen LogP contribution in [0.25, 0.3) is 0 Å². The maximum atomic E-state index is 12.8. The second-order valence-corrected chi connectivity index (χ2v) is 11.1. The third-order valence-electron chi connectivity index (χ3n) is 7.11. The zero-order chi connectivity index (χ0) is 29.8. The number of amides is 1. The molecule has 3 heterocycles. The van der Waals surface area contributed by atoms with Crippen LogP contribution in [-0.4, -0.2) is 56.4 Å². The van der Waals surface area contributed by atoms with Crippen LogP contribution in [0.5, 0.6) is 11.5 Å². The predicted octanol–water partition coefficient (Wildman–Crippen LogP) is 4.86. The van der Waals surface area contributed by atoms with Gasteiger partial charge in [0, 0.05) is 24.0 Å². The Morgan fingerprint density at radius 2 is 1.81 bits per heavy atom. The van der Waals surface area contributed by atoms with E-state index in [1.54, 1.807) is 12.1 Å². The third-order valence-corrected chi connectivity index (χ3v) is 8.17. The van der Waals surface area contributed by atoms with Crippen LogP contribution >= 0.6 is 11.3 Å². The van der Waals surface area contributed by atoms with Crippen molar-refractivity contribution in [3.05, 3.63) is 73.6 Å². The van der Waals surface area contributed by atoms with E-state index in [1.165, 1.54) is 30.6 Å². The standard InChI is InChI=1S/C29H29N3O9S/c1-17-20(12-18-6-9-23-24(13-18)41-16-40-23)26(29(35)38-2)27(42-17)30-25(33)15-39-28(34)19-7-8-21(22(14-19)32(36)37)31-10-4-3-5-11-31/h6-9,13-14H,3-5,10-12,15-16H2,1-2H3,(H,30,33). The Balaban J connectivity index is 1.27. The minimum absolute atomic E-state index is 0.0384. The highest BCUT2D eigenvalue weighted by atomic mass is 32.1. The van der Waals surface area contributed by atoms with Crippen LogP contribution in [0.2, 0.25) is 0 Å². The zero-order valence-corrected chi connectivity index (χ0v) is 23.9. The van der Waals surface area contributed by atoms with Crippen molar-refractivity contribution in [1.82, 2.24) is 0 Å². The molecule has 220 valence electrons. The van der Waals surface area contributed by atoms with Crippen LogP contribution in [0.15, 0.2) is 36.4 Å². The number of esters is 2. The average Bonchev–Trinajstić information content (AvgIpc) is 3.59. The molecule has 0 unspecified atom stereocenters. The lowest BCUT2D eigenvalue weighted by molar-refractivity contribution is -0.384. The van der Waals surface area contributed by atoms with Gasteiger partial charge in [-0.2, -0.15) is 0 Å². The number of rotatable bonds is 9. The summed E-state index contributed by atoms with van der Waals surface area (Å²) in [4.78, 5) is 52.2. The van der Waals surface area contributed by atoms with Gasteiger partial charge in [-0.3, -0.25) is 14.9 Å². The number of hydrogen-bond acceptors (Lipinski definition) is 11. The first-order chi connectivity index (χ1) is 20.2. The number of ether oxygens (including phenoxy) is 4. The fourth-order valence-electron chi connectivity index (χ4n) is 5.03. The summed E-state index contributed by atoms with van der Waals surface area (Å²) < 4.78 is 21.0. The van der Waals surface area contributed by atoms with E-state index in [0.717, 1.165) is 29.7 Å². The van der Waals surface area contributed by atoms with Crippen LogP contribution in [-0.2, 0) is 20.7 Å². The highest BCUT2D eigenvalue weighted by Gasteiger charge is 2.27. The van der Waals surface area contributed by atoms with Gasteiger partial charge >= 0.3 is 11.9 Å². The molecule has 3 aromatic rings. The van der Waals surface area contributed by atoms with Crippen molar-refractivity contribution in [2.45, 2.75) is 32.6 Å². The number of nitro groups is 1. The molecule has 2 aromatic carbocycles. The van der Waals surface area contributed by atoms with Gasteiger partial charge in [0.25, 0.3) is 11.6 Å². The Morgan fingerprint density at radius 3 is 2.55 bits per heavy atom. The molecule has 0 radical (unpaired) electrons. The molecule has 42 heavy (non-hydrogen) atoms. The first kappa shape index (κ1) is 28.9. The normalized spacial score (nSPS) is 13.9. The fraction of sp³-hybridized carbons (Fsp3) is 0.345. The van der Waals surface area contributed by atoms with Gasteiger partial charge in [0.2, 0.25) is 6.79 Å². The van der Waals surface area contributed by atoms with E-state index >= 15 is 0 Å². The minimum Gasteiger partial charge on any atom is -0.465 e. The molecular weight excluding hydrogens is 566 g/mol. The number of methoxy groups -OCH3 is 1. The highest BCUT2D eigenvalue weighted by molar-refractivity contribution is 7.16. The lowest BCUT2D eigenvalue weighted by atomic mass is 10.0. The number of hydrogen-bond donors (Lipinski definition) is 1. The molecule has 0 aliphatic carbocycles. The van der Waals surface area contributed by atoms with E-state index < -0.39 is 29.4 Å². The van der Waals surface area contributed by atoms with Crippen molar-refractivity contribution in [2.75, 3.05) is 43.8 Å². The molecule has 1 aromatic heterocycles. The Hall–Kier alpha value is -4.65. The molecular formula is C29H29N3O9S. The van der Waals surface area contributed by atoms with Gasteiger partial charge in [0.05, 0.1) is 23.2 Å². The van der Waals surface area contributed by atoms with Crippen LogP contribution in [0.4, 0.5) is 16.4 Å². The fourth-order valence-corrected chi connectivity index (χ4v) is 6.11. The summed E-state index contributed by atoms with van der Waals surface area (Å²) >= 11 is 1.20. The van der Waals surface area contributed by atoms with Gasteiger partial charge in [-0.15, -0.1) is 11.3 Å². The number of fused-ring (bicyclic) bond motifs is 1. The highest BCUT2D eigenvalue weighted by Crippen LogP contribution is 2.38. The number of benzene rings is 2. The maximum Gasteiger partial charge on any atom is 0.341 e. The Labute approximate surface area is 245 Å². The number of piperidine rings is 1. The molecule has 2 aliphatic rings. The summed E-state index contributed by atoms with van der Waals surface area (Å²) in [6.07, 6.45) is 3.33. The molecule has 13 heteroatoms. The topological polar surface area (TPSA) is 147 Å². The first-order valence-electron chi connectivity index (χ1n) is 13.3. The summed E-state index contributed by atoms with van der Waals surface area (Å²) in [5.41, 5.74) is 1.98. The lowest BCUT2D eigenvalue weighted by Crippen LogP contribution is -2.30. The van der Waals surface area contributed by atoms with Gasteiger partial charge in [0.15, 0.2) is 18.1 Å². The second-order valence-electron chi connectivity index (χ2n) is 9.83. The van der Waals surface area contributed by atoms with E-state index in [2.05, 4.69) is 5.32 Å².